The molecule has 1 aromatic carbocycles. The van der Waals surface area contributed by atoms with Crippen LogP contribution in [0.3, 0.4) is 0 Å². The quantitative estimate of drug-likeness (QED) is 0.837. The minimum absolute atomic E-state index is 0.160. The van der Waals surface area contributed by atoms with Gasteiger partial charge in [-0.05, 0) is 37.9 Å². The van der Waals surface area contributed by atoms with Crippen molar-refractivity contribution >= 4 is 11.6 Å². The highest BCUT2D eigenvalue weighted by Crippen LogP contribution is 2.38. The number of amides is 1. The molecule has 3 atom stereocenters. The summed E-state index contributed by atoms with van der Waals surface area (Å²) in [5.41, 5.74) is 2.06. The van der Waals surface area contributed by atoms with Crippen LogP contribution in [0, 0.1) is 11.8 Å². The third kappa shape index (κ3) is 2.67. The topological polar surface area (TPSA) is 41.1 Å². The Bertz CT molecular complexity index is 416. The lowest BCUT2D eigenvalue weighted by Gasteiger charge is -2.16. The molecule has 2 N–H and O–H groups in total. The highest BCUT2D eigenvalue weighted by Gasteiger charge is 2.39. The Morgan fingerprint density at radius 3 is 2.65 bits per heavy atom. The van der Waals surface area contributed by atoms with Crippen molar-refractivity contribution in [1.29, 1.82) is 0 Å². The third-order valence-electron chi connectivity index (χ3n) is 3.56. The number of rotatable bonds is 4. The van der Waals surface area contributed by atoms with Crippen LogP contribution in [0.15, 0.2) is 24.3 Å². The fourth-order valence-corrected chi connectivity index (χ4v) is 2.06. The zero-order chi connectivity index (χ0) is 12.4. The van der Waals surface area contributed by atoms with E-state index in [2.05, 4.69) is 24.5 Å². The van der Waals surface area contributed by atoms with Crippen LogP contribution in [-0.4, -0.2) is 13.0 Å². The van der Waals surface area contributed by atoms with E-state index in [0.717, 1.165) is 17.7 Å². The van der Waals surface area contributed by atoms with Gasteiger partial charge < -0.3 is 10.6 Å². The molecule has 17 heavy (non-hydrogen) atoms. The molecule has 1 aliphatic rings. The normalized spacial score (nSPS) is 24.2. The Balaban J connectivity index is 2.12. The molecule has 1 fully saturated rings. The molecule has 0 aliphatic heterocycles. The van der Waals surface area contributed by atoms with Crippen molar-refractivity contribution in [2.75, 3.05) is 12.4 Å². The largest absolute Gasteiger partial charge is 0.326 e. The van der Waals surface area contributed by atoms with E-state index in [1.54, 1.807) is 0 Å². The van der Waals surface area contributed by atoms with Crippen molar-refractivity contribution in [2.24, 2.45) is 11.8 Å². The number of para-hydroxylation sites is 1. The van der Waals surface area contributed by atoms with Gasteiger partial charge in [0.05, 0.1) is 0 Å². The van der Waals surface area contributed by atoms with Crippen LogP contribution in [0.5, 0.6) is 0 Å². The lowest BCUT2D eigenvalue weighted by molar-refractivity contribution is -0.117. The summed E-state index contributed by atoms with van der Waals surface area (Å²) >= 11 is 0. The third-order valence-corrected chi connectivity index (χ3v) is 3.56. The molecule has 3 unspecified atom stereocenters. The summed E-state index contributed by atoms with van der Waals surface area (Å²) in [7, 11) is 1.92. The fraction of sp³-hybridized carbons (Fsp3) is 0.500. The second-order valence-electron chi connectivity index (χ2n) is 4.91. The Morgan fingerprint density at radius 1 is 1.41 bits per heavy atom. The first-order valence-electron chi connectivity index (χ1n) is 6.20. The number of anilines is 1. The molecular formula is C14H20N2O. The maximum atomic E-state index is 11.9. The summed E-state index contributed by atoms with van der Waals surface area (Å²) < 4.78 is 0. The summed E-state index contributed by atoms with van der Waals surface area (Å²) in [6.45, 7) is 4.21. The number of nitrogens with one attached hydrogen (secondary N) is 2. The number of hydrogen-bond acceptors (Lipinski definition) is 2. The van der Waals surface area contributed by atoms with E-state index in [1.165, 1.54) is 0 Å². The van der Waals surface area contributed by atoms with Crippen molar-refractivity contribution in [3.05, 3.63) is 29.8 Å². The predicted octanol–water partition coefficient (Wildman–Crippen LogP) is 2.56. The van der Waals surface area contributed by atoms with Crippen molar-refractivity contribution in [1.82, 2.24) is 5.32 Å². The van der Waals surface area contributed by atoms with Gasteiger partial charge in [-0.15, -0.1) is 0 Å². The molecule has 1 saturated carbocycles. The molecule has 1 aromatic rings. The number of carbonyl (C=O) groups excluding carboxylic acids is 1. The molecule has 0 heterocycles. The van der Waals surface area contributed by atoms with Crippen LogP contribution >= 0.6 is 0 Å². The SMILES string of the molecule is CNC(C)c1ccccc1NC(=O)C1CC1C. The van der Waals surface area contributed by atoms with E-state index in [9.17, 15) is 4.79 Å². The molecule has 0 aromatic heterocycles. The maximum Gasteiger partial charge on any atom is 0.227 e. The van der Waals surface area contributed by atoms with Gasteiger partial charge in [0.15, 0.2) is 0 Å². The van der Waals surface area contributed by atoms with Crippen LogP contribution in [-0.2, 0) is 4.79 Å². The fourth-order valence-electron chi connectivity index (χ4n) is 2.06. The first-order chi connectivity index (χ1) is 8.13. The van der Waals surface area contributed by atoms with E-state index in [-0.39, 0.29) is 17.9 Å². The van der Waals surface area contributed by atoms with Gasteiger partial charge in [-0.25, -0.2) is 0 Å². The van der Waals surface area contributed by atoms with Crippen molar-refractivity contribution in [3.8, 4) is 0 Å². The second kappa shape index (κ2) is 4.88. The van der Waals surface area contributed by atoms with Crippen LogP contribution < -0.4 is 10.6 Å². The van der Waals surface area contributed by atoms with Gasteiger partial charge >= 0.3 is 0 Å². The van der Waals surface area contributed by atoms with Gasteiger partial charge in [0.2, 0.25) is 5.91 Å². The summed E-state index contributed by atoms with van der Waals surface area (Å²) in [6.07, 6.45) is 1.02. The molecule has 0 spiro atoms. The molecule has 1 aliphatic carbocycles. The van der Waals surface area contributed by atoms with Crippen molar-refractivity contribution in [3.63, 3.8) is 0 Å². The van der Waals surface area contributed by atoms with Gasteiger partial charge in [-0.3, -0.25) is 4.79 Å². The Labute approximate surface area is 103 Å². The van der Waals surface area contributed by atoms with E-state index in [4.69, 9.17) is 0 Å². The van der Waals surface area contributed by atoms with Crippen molar-refractivity contribution in [2.45, 2.75) is 26.3 Å². The summed E-state index contributed by atoms with van der Waals surface area (Å²) in [5.74, 6) is 0.921. The first kappa shape index (κ1) is 12.1. The summed E-state index contributed by atoms with van der Waals surface area (Å²) in [4.78, 5) is 11.9. The van der Waals surface area contributed by atoms with Crippen molar-refractivity contribution < 1.29 is 4.79 Å². The summed E-state index contributed by atoms with van der Waals surface area (Å²) in [6, 6.07) is 8.21. The lowest BCUT2D eigenvalue weighted by Crippen LogP contribution is -2.19. The Kier molecular flexibility index (Phi) is 3.48. The molecule has 2 rings (SSSR count). The van der Waals surface area contributed by atoms with Gasteiger partial charge in [-0.2, -0.15) is 0 Å². The zero-order valence-corrected chi connectivity index (χ0v) is 10.7. The van der Waals surface area contributed by atoms with E-state index in [0.29, 0.717) is 5.92 Å². The second-order valence-corrected chi connectivity index (χ2v) is 4.91. The zero-order valence-electron chi connectivity index (χ0n) is 10.7. The molecule has 0 bridgehead atoms. The molecule has 0 radical (unpaired) electrons. The number of benzene rings is 1. The molecule has 3 heteroatoms. The molecule has 3 nitrogen and oxygen atoms in total. The molecule has 92 valence electrons. The summed E-state index contributed by atoms with van der Waals surface area (Å²) in [5, 5.41) is 6.24. The minimum Gasteiger partial charge on any atom is -0.326 e. The standard InChI is InChI=1S/C14H20N2O/c1-9-8-12(9)14(17)16-13-7-5-4-6-11(13)10(2)15-3/h4-7,9-10,12,15H,8H2,1-3H3,(H,16,17). The van der Waals surface area contributed by atoms with E-state index < -0.39 is 0 Å². The lowest BCUT2D eigenvalue weighted by atomic mass is 10.1. The number of hydrogen-bond donors (Lipinski definition) is 2. The van der Waals surface area contributed by atoms with Gasteiger partial charge in [-0.1, -0.05) is 25.1 Å². The minimum atomic E-state index is 0.160. The molecular weight excluding hydrogens is 212 g/mol. The van der Waals surface area contributed by atoms with Gasteiger partial charge in [0.1, 0.15) is 0 Å². The average molecular weight is 232 g/mol. The van der Waals surface area contributed by atoms with Crippen LogP contribution in [0.4, 0.5) is 5.69 Å². The Hall–Kier alpha value is -1.35. The monoisotopic (exact) mass is 232 g/mol. The smallest absolute Gasteiger partial charge is 0.227 e. The predicted molar refractivity (Wildman–Crippen MR) is 69.8 cm³/mol. The molecule has 1 amide bonds. The van der Waals surface area contributed by atoms with E-state index in [1.807, 2.05) is 31.3 Å². The average Bonchev–Trinajstić information content (AvgIpc) is 3.06. The van der Waals surface area contributed by atoms with E-state index >= 15 is 0 Å². The maximum absolute atomic E-state index is 11.9. The van der Waals surface area contributed by atoms with Crippen LogP contribution in [0.1, 0.15) is 31.9 Å². The highest BCUT2D eigenvalue weighted by molar-refractivity contribution is 5.95. The van der Waals surface area contributed by atoms with Gasteiger partial charge in [0, 0.05) is 17.6 Å². The number of carbonyl (C=O) groups is 1. The molecule has 0 saturated heterocycles. The van der Waals surface area contributed by atoms with Crippen LogP contribution in [0.25, 0.3) is 0 Å². The van der Waals surface area contributed by atoms with Crippen LogP contribution in [0.2, 0.25) is 0 Å². The van der Waals surface area contributed by atoms with Gasteiger partial charge in [0.25, 0.3) is 0 Å². The first-order valence-corrected chi connectivity index (χ1v) is 6.20. The Morgan fingerprint density at radius 2 is 2.06 bits per heavy atom. The highest BCUT2D eigenvalue weighted by atomic mass is 16.2.